The van der Waals surface area contributed by atoms with Gasteiger partial charge in [0.1, 0.15) is 36.3 Å². The predicted octanol–water partition coefficient (Wildman–Crippen LogP) is -0.658. The van der Waals surface area contributed by atoms with Gasteiger partial charge < -0.3 is 35.0 Å². The molecule has 6 atom stereocenters. The third-order valence-corrected chi connectivity index (χ3v) is 4.32. The zero-order valence-electron chi connectivity index (χ0n) is 15.4. The number of Topliss-reactive ketones (excluding diaryl/α,β-unsaturated/α-hetero) is 1. The number of esters is 1. The predicted molar refractivity (Wildman–Crippen MR) is 95.8 cm³/mol. The van der Waals surface area contributed by atoms with E-state index in [1.165, 1.54) is 32.1 Å². The van der Waals surface area contributed by atoms with Crippen molar-refractivity contribution < 1.29 is 44.6 Å². The number of aliphatic hydroxyl groups excluding tert-OH is 4. The van der Waals surface area contributed by atoms with Crippen molar-refractivity contribution >= 4 is 17.8 Å². The Kier molecular flexibility index (Phi) is 7.28. The van der Waals surface area contributed by atoms with Gasteiger partial charge in [0.05, 0.1) is 0 Å². The highest BCUT2D eigenvalue weighted by Gasteiger charge is 2.49. The Morgan fingerprint density at radius 1 is 1.07 bits per heavy atom. The SMILES string of the molecule is CC(C)C(=O)C(O)[C@H]1O[C@@H](OC(=O)/C=C/c2ccc(O)cc2)[C@H](O)[C@@H](O)[C@@H]1O. The minimum Gasteiger partial charge on any atom is -0.508 e. The van der Waals surface area contributed by atoms with E-state index in [0.717, 1.165) is 6.08 Å². The van der Waals surface area contributed by atoms with Gasteiger partial charge in [-0.2, -0.15) is 0 Å². The smallest absolute Gasteiger partial charge is 0.333 e. The summed E-state index contributed by atoms with van der Waals surface area (Å²) in [6.07, 6.45) is -7.96. The van der Waals surface area contributed by atoms with Gasteiger partial charge in [-0.15, -0.1) is 0 Å². The van der Waals surface area contributed by atoms with Gasteiger partial charge in [-0.1, -0.05) is 26.0 Å². The van der Waals surface area contributed by atoms with Crippen LogP contribution in [0.5, 0.6) is 5.75 Å². The van der Waals surface area contributed by atoms with E-state index >= 15 is 0 Å². The van der Waals surface area contributed by atoms with Crippen molar-refractivity contribution in [3.05, 3.63) is 35.9 Å². The maximum Gasteiger partial charge on any atom is 0.333 e. The second kappa shape index (κ2) is 9.26. The Morgan fingerprint density at radius 3 is 2.25 bits per heavy atom. The molecular formula is C19H24O9. The zero-order chi connectivity index (χ0) is 21.0. The molecule has 1 aromatic rings. The number of aliphatic hydroxyl groups is 4. The monoisotopic (exact) mass is 396 g/mol. The average molecular weight is 396 g/mol. The number of ether oxygens (including phenoxy) is 2. The molecule has 0 bridgehead atoms. The maximum absolute atomic E-state index is 12.0. The van der Waals surface area contributed by atoms with E-state index in [2.05, 4.69) is 0 Å². The van der Waals surface area contributed by atoms with Crippen LogP contribution in [0.25, 0.3) is 6.08 Å². The van der Waals surface area contributed by atoms with Crippen LogP contribution in [-0.2, 0) is 19.1 Å². The average Bonchev–Trinajstić information content (AvgIpc) is 2.66. The van der Waals surface area contributed by atoms with Crippen molar-refractivity contribution in [1.82, 2.24) is 0 Å². The van der Waals surface area contributed by atoms with Crippen LogP contribution >= 0.6 is 0 Å². The topological polar surface area (TPSA) is 154 Å². The molecule has 1 aliphatic rings. The molecule has 0 aliphatic carbocycles. The fraction of sp³-hybridized carbons (Fsp3) is 0.474. The number of hydrogen-bond donors (Lipinski definition) is 5. The number of phenols is 1. The standard InChI is InChI=1S/C19H24O9/c1-9(2)13(22)15(24)18-16(25)14(23)17(26)19(28-18)27-12(21)8-5-10-3-6-11(20)7-4-10/h3-9,14-20,23-26H,1-2H3/b8-5+/t14-,15?,16-,17+,18+,19+/m0/s1. The molecule has 0 saturated carbocycles. The van der Waals surface area contributed by atoms with Crippen molar-refractivity contribution in [2.75, 3.05) is 0 Å². The summed E-state index contributed by atoms with van der Waals surface area (Å²) in [5, 5.41) is 49.3. The van der Waals surface area contributed by atoms with E-state index in [9.17, 15) is 35.1 Å². The van der Waals surface area contributed by atoms with Gasteiger partial charge in [0.2, 0.25) is 6.29 Å². The third kappa shape index (κ3) is 5.15. The molecule has 0 aromatic heterocycles. The quantitative estimate of drug-likeness (QED) is 0.311. The highest BCUT2D eigenvalue weighted by molar-refractivity contribution is 5.87. The number of phenolic OH excluding ortho intramolecular Hbond substituents is 1. The van der Waals surface area contributed by atoms with E-state index < -0.39 is 54.5 Å². The summed E-state index contributed by atoms with van der Waals surface area (Å²) in [5.41, 5.74) is 0.589. The molecule has 1 heterocycles. The van der Waals surface area contributed by atoms with E-state index in [4.69, 9.17) is 9.47 Å². The van der Waals surface area contributed by atoms with Gasteiger partial charge in [-0.3, -0.25) is 4.79 Å². The molecule has 0 radical (unpaired) electrons. The van der Waals surface area contributed by atoms with Gasteiger partial charge in [0.25, 0.3) is 0 Å². The Labute approximate surface area is 161 Å². The lowest BCUT2D eigenvalue weighted by molar-refractivity contribution is -0.298. The highest BCUT2D eigenvalue weighted by Crippen LogP contribution is 2.25. The summed E-state index contributed by atoms with van der Waals surface area (Å²) in [7, 11) is 0. The number of aromatic hydroxyl groups is 1. The molecule has 154 valence electrons. The second-order valence-electron chi connectivity index (χ2n) is 6.80. The highest BCUT2D eigenvalue weighted by atomic mass is 16.7. The summed E-state index contributed by atoms with van der Waals surface area (Å²) in [6, 6.07) is 5.95. The number of hydrogen-bond acceptors (Lipinski definition) is 9. The molecule has 1 unspecified atom stereocenters. The largest absolute Gasteiger partial charge is 0.508 e. The van der Waals surface area contributed by atoms with E-state index in [-0.39, 0.29) is 5.75 Å². The maximum atomic E-state index is 12.0. The number of rotatable bonds is 6. The van der Waals surface area contributed by atoms with Crippen molar-refractivity contribution in [2.24, 2.45) is 5.92 Å². The molecule has 2 rings (SSSR count). The Bertz CT molecular complexity index is 713. The Hall–Kier alpha value is -2.30. The molecule has 1 fully saturated rings. The van der Waals surface area contributed by atoms with E-state index in [0.29, 0.717) is 5.56 Å². The number of carbonyl (C=O) groups excluding carboxylic acids is 2. The summed E-state index contributed by atoms with van der Waals surface area (Å²) in [6.45, 7) is 3.08. The van der Waals surface area contributed by atoms with Crippen LogP contribution in [0.3, 0.4) is 0 Å². The molecule has 1 saturated heterocycles. The zero-order valence-corrected chi connectivity index (χ0v) is 15.4. The third-order valence-electron chi connectivity index (χ3n) is 4.32. The Balaban J connectivity index is 2.07. The van der Waals surface area contributed by atoms with Gasteiger partial charge >= 0.3 is 5.97 Å². The summed E-state index contributed by atoms with van der Waals surface area (Å²) < 4.78 is 10.2. The van der Waals surface area contributed by atoms with Crippen LogP contribution in [0.2, 0.25) is 0 Å². The first-order chi connectivity index (χ1) is 13.1. The lowest BCUT2D eigenvalue weighted by Crippen LogP contribution is -2.62. The van der Waals surface area contributed by atoms with Crippen LogP contribution in [0.15, 0.2) is 30.3 Å². The van der Waals surface area contributed by atoms with Crippen LogP contribution < -0.4 is 0 Å². The van der Waals surface area contributed by atoms with Gasteiger partial charge in [0.15, 0.2) is 5.78 Å². The normalized spacial score (nSPS) is 29.0. The van der Waals surface area contributed by atoms with Gasteiger partial charge in [-0.25, -0.2) is 4.79 Å². The molecule has 1 aliphatic heterocycles. The molecule has 5 N–H and O–H groups in total. The van der Waals surface area contributed by atoms with Crippen LogP contribution in [0, 0.1) is 5.92 Å². The lowest BCUT2D eigenvalue weighted by atomic mass is 9.90. The van der Waals surface area contributed by atoms with Crippen LogP contribution in [0.1, 0.15) is 19.4 Å². The molecule has 1 aromatic carbocycles. The summed E-state index contributed by atoms with van der Waals surface area (Å²) in [4.78, 5) is 23.9. The first kappa shape index (κ1) is 22.0. The summed E-state index contributed by atoms with van der Waals surface area (Å²) >= 11 is 0. The summed E-state index contributed by atoms with van der Waals surface area (Å²) in [5.74, 6) is -2.07. The molecule has 0 spiro atoms. The fourth-order valence-electron chi connectivity index (χ4n) is 2.64. The van der Waals surface area contributed by atoms with Crippen molar-refractivity contribution in [1.29, 1.82) is 0 Å². The molecule has 0 amide bonds. The second-order valence-corrected chi connectivity index (χ2v) is 6.80. The fourth-order valence-corrected chi connectivity index (χ4v) is 2.64. The lowest BCUT2D eigenvalue weighted by Gasteiger charge is -2.41. The molecular weight excluding hydrogens is 372 g/mol. The molecule has 9 heteroatoms. The first-order valence-corrected chi connectivity index (χ1v) is 8.71. The van der Waals surface area contributed by atoms with Gasteiger partial charge in [0, 0.05) is 12.0 Å². The molecule has 28 heavy (non-hydrogen) atoms. The van der Waals surface area contributed by atoms with Gasteiger partial charge in [-0.05, 0) is 23.8 Å². The molecule has 9 nitrogen and oxygen atoms in total. The first-order valence-electron chi connectivity index (χ1n) is 8.71. The van der Waals surface area contributed by atoms with Crippen molar-refractivity contribution in [3.8, 4) is 5.75 Å². The van der Waals surface area contributed by atoms with Crippen LogP contribution in [-0.4, -0.2) is 74.1 Å². The van der Waals surface area contributed by atoms with Crippen molar-refractivity contribution in [3.63, 3.8) is 0 Å². The number of carbonyl (C=O) groups is 2. The van der Waals surface area contributed by atoms with Crippen molar-refractivity contribution in [2.45, 2.75) is 50.7 Å². The Morgan fingerprint density at radius 2 is 1.68 bits per heavy atom. The number of ketones is 1. The van der Waals surface area contributed by atoms with E-state index in [1.54, 1.807) is 12.1 Å². The number of benzene rings is 1. The minimum atomic E-state index is -1.80. The van der Waals surface area contributed by atoms with E-state index in [1.807, 2.05) is 0 Å². The minimum absolute atomic E-state index is 0.0616. The van der Waals surface area contributed by atoms with Crippen LogP contribution in [0.4, 0.5) is 0 Å².